The summed E-state index contributed by atoms with van der Waals surface area (Å²) in [5.41, 5.74) is 0. The first-order valence-corrected chi connectivity index (χ1v) is 5.84. The second kappa shape index (κ2) is 6.89. The third kappa shape index (κ3) is 4.43. The van der Waals surface area contributed by atoms with Gasteiger partial charge in [0.25, 0.3) is 5.91 Å². The molecule has 0 saturated heterocycles. The zero-order chi connectivity index (χ0) is 12.7. The number of amides is 1. The van der Waals surface area contributed by atoms with E-state index in [0.717, 1.165) is 12.8 Å². The molecule has 1 unspecified atom stereocenters. The third-order valence-electron chi connectivity index (χ3n) is 2.34. The minimum atomic E-state index is -0.691. The molecule has 0 radical (unpaired) electrons. The van der Waals surface area contributed by atoms with Crippen molar-refractivity contribution in [2.24, 2.45) is 0 Å². The van der Waals surface area contributed by atoms with E-state index in [1.165, 1.54) is 12.1 Å². The largest absolute Gasteiger partial charge is 0.478 e. The van der Waals surface area contributed by atoms with E-state index in [9.17, 15) is 9.18 Å². The Morgan fingerprint density at radius 3 is 2.82 bits per heavy atom. The van der Waals surface area contributed by atoms with Crippen LogP contribution in [0.2, 0.25) is 0 Å². The van der Waals surface area contributed by atoms with Gasteiger partial charge >= 0.3 is 0 Å². The maximum absolute atomic E-state index is 13.3. The molecular formula is C13H18FNO2. The fraction of sp³-hybridized carbons (Fsp3) is 0.462. The highest BCUT2D eigenvalue weighted by atomic mass is 19.1. The van der Waals surface area contributed by atoms with Crippen LogP contribution < -0.4 is 10.1 Å². The molecule has 1 rings (SSSR count). The SMILES string of the molecule is CCCCNC(=O)C(C)Oc1ccccc1F. The molecule has 1 amide bonds. The van der Waals surface area contributed by atoms with Crippen LogP contribution in [0.3, 0.4) is 0 Å². The van der Waals surface area contributed by atoms with Crippen molar-refractivity contribution in [3.8, 4) is 5.75 Å². The summed E-state index contributed by atoms with van der Waals surface area (Å²) in [6, 6.07) is 6.05. The minimum absolute atomic E-state index is 0.102. The Balaban J connectivity index is 2.46. The number of carbonyl (C=O) groups is 1. The van der Waals surface area contributed by atoms with Gasteiger partial charge in [0, 0.05) is 6.54 Å². The van der Waals surface area contributed by atoms with Gasteiger partial charge in [-0.1, -0.05) is 25.5 Å². The number of halogens is 1. The van der Waals surface area contributed by atoms with Crippen LogP contribution in [0.15, 0.2) is 24.3 Å². The fourth-order valence-corrected chi connectivity index (χ4v) is 1.32. The van der Waals surface area contributed by atoms with E-state index in [-0.39, 0.29) is 11.7 Å². The fourth-order valence-electron chi connectivity index (χ4n) is 1.32. The van der Waals surface area contributed by atoms with Gasteiger partial charge in [0.15, 0.2) is 17.7 Å². The molecule has 1 N–H and O–H groups in total. The molecule has 1 aromatic carbocycles. The molecule has 4 heteroatoms. The number of carbonyl (C=O) groups excluding carboxylic acids is 1. The van der Waals surface area contributed by atoms with Gasteiger partial charge in [0.1, 0.15) is 0 Å². The van der Waals surface area contributed by atoms with Crippen LogP contribution in [0.4, 0.5) is 4.39 Å². The van der Waals surface area contributed by atoms with Crippen molar-refractivity contribution in [2.75, 3.05) is 6.54 Å². The molecule has 0 spiro atoms. The Morgan fingerprint density at radius 2 is 2.18 bits per heavy atom. The maximum Gasteiger partial charge on any atom is 0.260 e. The molecule has 0 heterocycles. The Bertz CT molecular complexity index is 368. The number of hydrogen-bond acceptors (Lipinski definition) is 2. The molecule has 0 aliphatic carbocycles. The van der Waals surface area contributed by atoms with Gasteiger partial charge in [-0.15, -0.1) is 0 Å². The number of rotatable bonds is 6. The zero-order valence-corrected chi connectivity index (χ0v) is 10.2. The van der Waals surface area contributed by atoms with Gasteiger partial charge in [-0.2, -0.15) is 0 Å². The Hall–Kier alpha value is -1.58. The summed E-state index contributed by atoms with van der Waals surface area (Å²) in [5, 5.41) is 2.74. The Labute approximate surface area is 101 Å². The number of hydrogen-bond donors (Lipinski definition) is 1. The van der Waals surface area contributed by atoms with Gasteiger partial charge in [-0.3, -0.25) is 4.79 Å². The molecule has 0 aliphatic rings. The summed E-state index contributed by atoms with van der Waals surface area (Å²) in [4.78, 5) is 11.6. The number of benzene rings is 1. The number of ether oxygens (including phenoxy) is 1. The van der Waals surface area contributed by atoms with Crippen molar-refractivity contribution in [1.82, 2.24) is 5.32 Å². The van der Waals surface area contributed by atoms with E-state index in [1.807, 2.05) is 6.92 Å². The lowest BCUT2D eigenvalue weighted by atomic mass is 10.3. The lowest BCUT2D eigenvalue weighted by Crippen LogP contribution is -2.36. The smallest absolute Gasteiger partial charge is 0.260 e. The molecule has 3 nitrogen and oxygen atoms in total. The lowest BCUT2D eigenvalue weighted by molar-refractivity contribution is -0.127. The predicted octanol–water partition coefficient (Wildman–Crippen LogP) is 2.51. The van der Waals surface area contributed by atoms with Crippen LogP contribution in [-0.2, 0) is 4.79 Å². The zero-order valence-electron chi connectivity index (χ0n) is 10.2. The van der Waals surface area contributed by atoms with Crippen LogP contribution >= 0.6 is 0 Å². The van der Waals surface area contributed by atoms with Crippen LogP contribution in [0.25, 0.3) is 0 Å². The predicted molar refractivity (Wildman–Crippen MR) is 64.4 cm³/mol. The summed E-state index contributed by atoms with van der Waals surface area (Å²) in [6.07, 6.45) is 1.25. The Kier molecular flexibility index (Phi) is 5.46. The quantitative estimate of drug-likeness (QED) is 0.775. The topological polar surface area (TPSA) is 38.3 Å². The number of unbranched alkanes of at least 4 members (excludes halogenated alkanes) is 1. The van der Waals surface area contributed by atoms with Gasteiger partial charge in [0.05, 0.1) is 0 Å². The molecule has 17 heavy (non-hydrogen) atoms. The summed E-state index contributed by atoms with van der Waals surface area (Å²) < 4.78 is 18.5. The van der Waals surface area contributed by atoms with Gasteiger partial charge in [-0.05, 0) is 25.5 Å². The highest BCUT2D eigenvalue weighted by Crippen LogP contribution is 2.16. The number of para-hydroxylation sites is 1. The van der Waals surface area contributed by atoms with Crippen molar-refractivity contribution in [3.05, 3.63) is 30.1 Å². The van der Waals surface area contributed by atoms with Crippen LogP contribution in [0, 0.1) is 5.82 Å². The van der Waals surface area contributed by atoms with Gasteiger partial charge in [0.2, 0.25) is 0 Å². The minimum Gasteiger partial charge on any atom is -0.478 e. The van der Waals surface area contributed by atoms with Crippen molar-refractivity contribution in [2.45, 2.75) is 32.8 Å². The first kappa shape index (κ1) is 13.5. The lowest BCUT2D eigenvalue weighted by Gasteiger charge is -2.14. The Morgan fingerprint density at radius 1 is 1.47 bits per heavy atom. The summed E-state index contributed by atoms with van der Waals surface area (Å²) >= 11 is 0. The van der Waals surface area contributed by atoms with Crippen molar-refractivity contribution >= 4 is 5.91 Å². The summed E-state index contributed by atoms with van der Waals surface area (Å²) in [6.45, 7) is 4.28. The van der Waals surface area contributed by atoms with Crippen molar-refractivity contribution < 1.29 is 13.9 Å². The summed E-state index contributed by atoms with van der Waals surface area (Å²) in [7, 11) is 0. The second-order valence-corrected chi connectivity index (χ2v) is 3.84. The normalized spacial score (nSPS) is 11.9. The first-order chi connectivity index (χ1) is 8.15. The van der Waals surface area contributed by atoms with Gasteiger partial charge in [-0.25, -0.2) is 4.39 Å². The highest BCUT2D eigenvalue weighted by Gasteiger charge is 2.15. The highest BCUT2D eigenvalue weighted by molar-refractivity contribution is 5.80. The monoisotopic (exact) mass is 239 g/mol. The van der Waals surface area contributed by atoms with E-state index in [2.05, 4.69) is 5.32 Å². The first-order valence-electron chi connectivity index (χ1n) is 5.84. The molecular weight excluding hydrogens is 221 g/mol. The van der Waals surface area contributed by atoms with E-state index >= 15 is 0 Å². The molecule has 94 valence electrons. The molecule has 0 aliphatic heterocycles. The second-order valence-electron chi connectivity index (χ2n) is 3.84. The molecule has 0 bridgehead atoms. The van der Waals surface area contributed by atoms with E-state index in [0.29, 0.717) is 6.54 Å². The van der Waals surface area contributed by atoms with Gasteiger partial charge < -0.3 is 10.1 Å². The van der Waals surface area contributed by atoms with Crippen molar-refractivity contribution in [3.63, 3.8) is 0 Å². The van der Waals surface area contributed by atoms with E-state index in [1.54, 1.807) is 19.1 Å². The molecule has 1 atom stereocenters. The van der Waals surface area contributed by atoms with Crippen molar-refractivity contribution in [1.29, 1.82) is 0 Å². The molecule has 0 aromatic heterocycles. The maximum atomic E-state index is 13.3. The molecule has 1 aromatic rings. The van der Waals surface area contributed by atoms with Crippen LogP contribution in [0.5, 0.6) is 5.75 Å². The van der Waals surface area contributed by atoms with Crippen LogP contribution in [0.1, 0.15) is 26.7 Å². The number of nitrogens with one attached hydrogen (secondary N) is 1. The standard InChI is InChI=1S/C13H18FNO2/c1-3-4-9-15-13(16)10(2)17-12-8-6-5-7-11(12)14/h5-8,10H,3-4,9H2,1-2H3,(H,15,16). The third-order valence-corrected chi connectivity index (χ3v) is 2.34. The van der Waals surface area contributed by atoms with E-state index < -0.39 is 11.9 Å². The summed E-state index contributed by atoms with van der Waals surface area (Å²) in [5.74, 6) is -0.576. The van der Waals surface area contributed by atoms with E-state index in [4.69, 9.17) is 4.74 Å². The molecule has 0 fully saturated rings. The average molecular weight is 239 g/mol. The molecule has 0 saturated carbocycles. The van der Waals surface area contributed by atoms with Crippen LogP contribution in [-0.4, -0.2) is 18.6 Å². The average Bonchev–Trinajstić information content (AvgIpc) is 2.32.